The number of alkyl carbamates (subject to hydrolysis) is 1. The summed E-state index contributed by atoms with van der Waals surface area (Å²) in [5.74, 6) is 0.703. The summed E-state index contributed by atoms with van der Waals surface area (Å²) in [6.07, 6.45) is 4.27. The van der Waals surface area contributed by atoms with Crippen LogP contribution in [0.1, 0.15) is 52.9 Å². The second-order valence-corrected chi connectivity index (χ2v) is 8.15. The lowest BCUT2D eigenvalue weighted by atomic mass is 9.63. The van der Waals surface area contributed by atoms with E-state index in [1.807, 2.05) is 0 Å². The molecule has 118 valence electrons. The molecule has 3 aliphatic rings. The van der Waals surface area contributed by atoms with Gasteiger partial charge in [-0.05, 0) is 76.5 Å². The van der Waals surface area contributed by atoms with Crippen LogP contribution in [0, 0.1) is 23.7 Å². The lowest BCUT2D eigenvalue weighted by Crippen LogP contribution is -2.63. The molecule has 3 fully saturated rings. The highest BCUT2D eigenvalue weighted by Gasteiger charge is 2.60. The number of rotatable bonds is 2. The molecule has 0 spiro atoms. The van der Waals surface area contributed by atoms with Crippen molar-refractivity contribution in [1.29, 1.82) is 0 Å². The van der Waals surface area contributed by atoms with Gasteiger partial charge in [-0.2, -0.15) is 0 Å². The summed E-state index contributed by atoms with van der Waals surface area (Å²) in [6.45, 7) is 5.36. The van der Waals surface area contributed by atoms with Gasteiger partial charge >= 0.3 is 12.1 Å². The smallest absolute Gasteiger partial charge is 0.408 e. The highest BCUT2D eigenvalue weighted by Crippen LogP contribution is 2.58. The van der Waals surface area contributed by atoms with E-state index in [0.717, 1.165) is 25.7 Å². The van der Waals surface area contributed by atoms with Crippen molar-refractivity contribution in [3.63, 3.8) is 0 Å². The molecule has 0 aromatic carbocycles. The molecule has 3 bridgehead atoms. The molecule has 5 atom stereocenters. The number of carbonyl (C=O) groups is 2. The Morgan fingerprint density at radius 1 is 1.14 bits per heavy atom. The predicted molar refractivity (Wildman–Crippen MR) is 76.8 cm³/mol. The molecule has 0 saturated heterocycles. The average Bonchev–Trinajstić information content (AvgIpc) is 2.54. The number of carboxylic acid groups (broad SMARTS) is 1. The van der Waals surface area contributed by atoms with Crippen molar-refractivity contribution in [2.75, 3.05) is 0 Å². The molecule has 0 aliphatic heterocycles. The molecule has 21 heavy (non-hydrogen) atoms. The molecule has 2 N–H and O–H groups in total. The number of ether oxygens (including phenoxy) is 1. The predicted octanol–water partition coefficient (Wildman–Crippen LogP) is 2.79. The molecule has 5 heteroatoms. The molecule has 3 saturated carbocycles. The van der Waals surface area contributed by atoms with Gasteiger partial charge in [0.25, 0.3) is 0 Å². The molecule has 0 radical (unpaired) electrons. The van der Waals surface area contributed by atoms with E-state index in [4.69, 9.17) is 4.74 Å². The van der Waals surface area contributed by atoms with Crippen LogP contribution >= 0.6 is 0 Å². The first-order valence-electron chi connectivity index (χ1n) is 7.94. The maximum atomic E-state index is 12.1. The van der Waals surface area contributed by atoms with E-state index in [0.29, 0.717) is 24.2 Å². The Morgan fingerprint density at radius 2 is 1.81 bits per heavy atom. The Kier molecular flexibility index (Phi) is 3.22. The van der Waals surface area contributed by atoms with Crippen LogP contribution in [0.3, 0.4) is 0 Å². The van der Waals surface area contributed by atoms with Gasteiger partial charge in [0.05, 0.1) is 0 Å². The summed E-state index contributed by atoms with van der Waals surface area (Å²) in [5.41, 5.74) is -1.74. The number of carbonyl (C=O) groups excluding carboxylic acids is 1. The number of hydrogen-bond acceptors (Lipinski definition) is 3. The minimum absolute atomic E-state index is 0.0614. The normalized spacial score (nSPS) is 40.9. The van der Waals surface area contributed by atoms with E-state index >= 15 is 0 Å². The Morgan fingerprint density at radius 3 is 2.43 bits per heavy atom. The first-order chi connectivity index (χ1) is 9.69. The van der Waals surface area contributed by atoms with Crippen molar-refractivity contribution >= 4 is 12.1 Å². The highest BCUT2D eigenvalue weighted by molar-refractivity contribution is 5.85. The first kappa shape index (κ1) is 14.7. The zero-order valence-electron chi connectivity index (χ0n) is 13.0. The van der Waals surface area contributed by atoms with Crippen LogP contribution in [-0.4, -0.2) is 28.3 Å². The Hall–Kier alpha value is -1.26. The van der Waals surface area contributed by atoms with Gasteiger partial charge in [-0.1, -0.05) is 0 Å². The van der Waals surface area contributed by atoms with Crippen molar-refractivity contribution in [2.24, 2.45) is 23.7 Å². The molecule has 0 aromatic heterocycles. The van der Waals surface area contributed by atoms with E-state index in [-0.39, 0.29) is 5.92 Å². The molecule has 1 amide bonds. The fraction of sp³-hybridized carbons (Fsp3) is 0.875. The van der Waals surface area contributed by atoms with E-state index in [2.05, 4.69) is 5.32 Å². The van der Waals surface area contributed by atoms with E-state index < -0.39 is 23.2 Å². The van der Waals surface area contributed by atoms with Crippen LogP contribution in [0.25, 0.3) is 0 Å². The SMILES string of the molecule is CC(C)(C)OC(=O)NC1(C(=O)O)CC2CC3CC(C2)C1C3. The van der Waals surface area contributed by atoms with Crippen LogP contribution < -0.4 is 5.32 Å². The minimum atomic E-state index is -1.12. The number of carboxylic acids is 1. The third-order valence-electron chi connectivity index (χ3n) is 5.44. The summed E-state index contributed by atoms with van der Waals surface area (Å²) < 4.78 is 5.30. The number of hydrogen-bond donors (Lipinski definition) is 2. The van der Waals surface area contributed by atoms with Gasteiger partial charge in [0, 0.05) is 0 Å². The largest absolute Gasteiger partial charge is 0.479 e. The molecule has 5 nitrogen and oxygen atoms in total. The maximum Gasteiger partial charge on any atom is 0.408 e. The quantitative estimate of drug-likeness (QED) is 0.821. The molecule has 0 heterocycles. The lowest BCUT2D eigenvalue weighted by Gasteiger charge is -2.46. The van der Waals surface area contributed by atoms with Crippen LogP contribution in [-0.2, 0) is 9.53 Å². The second kappa shape index (κ2) is 4.62. The van der Waals surface area contributed by atoms with Crippen LogP contribution in [0.15, 0.2) is 0 Å². The monoisotopic (exact) mass is 295 g/mol. The number of nitrogens with one attached hydrogen (secondary N) is 1. The summed E-state index contributed by atoms with van der Waals surface area (Å²) >= 11 is 0. The Labute approximate surface area is 125 Å². The topological polar surface area (TPSA) is 75.6 Å². The van der Waals surface area contributed by atoms with Crippen LogP contribution in [0.4, 0.5) is 4.79 Å². The summed E-state index contributed by atoms with van der Waals surface area (Å²) in [5, 5.41) is 12.6. The van der Waals surface area contributed by atoms with Crippen LogP contribution in [0.5, 0.6) is 0 Å². The molecule has 5 unspecified atom stereocenters. The summed E-state index contributed by atoms with van der Waals surface area (Å²) in [7, 11) is 0. The third-order valence-corrected chi connectivity index (χ3v) is 5.44. The van der Waals surface area contributed by atoms with Crippen molar-refractivity contribution in [2.45, 2.75) is 64.0 Å². The zero-order chi connectivity index (χ0) is 15.4. The standard InChI is InChI=1S/C16H25NO4/c1-15(2,3)21-14(20)17-16(13(18)19)8-10-4-9-5-11(6-10)12(16)7-9/h9-12H,4-8H2,1-3H3,(H,17,20)(H,18,19). The van der Waals surface area contributed by atoms with E-state index in [1.54, 1.807) is 20.8 Å². The average molecular weight is 295 g/mol. The van der Waals surface area contributed by atoms with Gasteiger partial charge in [0.1, 0.15) is 11.1 Å². The first-order valence-corrected chi connectivity index (χ1v) is 7.94. The van der Waals surface area contributed by atoms with Gasteiger partial charge in [-0.3, -0.25) is 0 Å². The fourth-order valence-electron chi connectivity index (χ4n) is 4.99. The van der Waals surface area contributed by atoms with Gasteiger partial charge in [-0.25, -0.2) is 9.59 Å². The number of fused-ring (bicyclic) bond motifs is 2. The number of amides is 1. The molecule has 0 aromatic rings. The Balaban J connectivity index is 1.84. The molecule has 3 aliphatic carbocycles. The maximum absolute atomic E-state index is 12.1. The van der Waals surface area contributed by atoms with Crippen LogP contribution in [0.2, 0.25) is 0 Å². The molecular weight excluding hydrogens is 270 g/mol. The third kappa shape index (κ3) is 2.51. The van der Waals surface area contributed by atoms with Crippen molar-refractivity contribution in [1.82, 2.24) is 5.32 Å². The summed E-state index contributed by atoms with van der Waals surface area (Å²) in [6, 6.07) is 0. The minimum Gasteiger partial charge on any atom is -0.479 e. The van der Waals surface area contributed by atoms with Crippen molar-refractivity contribution in [3.05, 3.63) is 0 Å². The fourth-order valence-corrected chi connectivity index (χ4v) is 4.99. The molecular formula is C16H25NO4. The van der Waals surface area contributed by atoms with Gasteiger partial charge in [0.15, 0.2) is 0 Å². The van der Waals surface area contributed by atoms with Gasteiger partial charge < -0.3 is 15.2 Å². The molecule has 3 rings (SSSR count). The number of aliphatic carboxylic acids is 1. The van der Waals surface area contributed by atoms with Crippen molar-refractivity contribution < 1.29 is 19.4 Å². The Bertz CT molecular complexity index is 467. The van der Waals surface area contributed by atoms with E-state index in [1.165, 1.54) is 0 Å². The second-order valence-electron chi connectivity index (χ2n) is 8.15. The van der Waals surface area contributed by atoms with Gasteiger partial charge in [-0.15, -0.1) is 0 Å². The highest BCUT2D eigenvalue weighted by atomic mass is 16.6. The zero-order valence-corrected chi connectivity index (χ0v) is 13.0. The summed E-state index contributed by atoms with van der Waals surface area (Å²) in [4.78, 5) is 24.2. The van der Waals surface area contributed by atoms with Gasteiger partial charge in [0.2, 0.25) is 0 Å². The lowest BCUT2D eigenvalue weighted by molar-refractivity contribution is -0.151. The van der Waals surface area contributed by atoms with E-state index in [9.17, 15) is 14.7 Å². The van der Waals surface area contributed by atoms with Crippen molar-refractivity contribution in [3.8, 4) is 0 Å².